The van der Waals surface area contributed by atoms with Gasteiger partial charge >= 0.3 is 0 Å². The molecule has 3 nitrogen and oxygen atoms in total. The lowest BCUT2D eigenvalue weighted by atomic mass is 9.62. The van der Waals surface area contributed by atoms with Gasteiger partial charge in [-0.05, 0) is 251 Å². The van der Waals surface area contributed by atoms with Crippen LogP contribution in [0.3, 0.4) is 0 Å². The van der Waals surface area contributed by atoms with Gasteiger partial charge in [-0.15, -0.1) is 0 Å². The summed E-state index contributed by atoms with van der Waals surface area (Å²) in [5.74, 6) is 0. The number of hydrogen-bond acceptors (Lipinski definition) is 3. The van der Waals surface area contributed by atoms with Crippen molar-refractivity contribution >= 4 is 0 Å². The van der Waals surface area contributed by atoms with E-state index in [1.807, 2.05) is 18.6 Å². The molecule has 0 bridgehead atoms. The van der Waals surface area contributed by atoms with Crippen molar-refractivity contribution in [2.45, 2.75) is 124 Å². The van der Waals surface area contributed by atoms with Gasteiger partial charge in [-0.2, -0.15) is 0 Å². The molecule has 13 aromatic rings. The Labute approximate surface area is 575 Å². The zero-order valence-corrected chi connectivity index (χ0v) is 58.1. The van der Waals surface area contributed by atoms with Crippen LogP contribution in [0.15, 0.2) is 267 Å². The Balaban J connectivity index is 0.924. The second-order valence-corrected chi connectivity index (χ2v) is 30.3. The maximum Gasteiger partial charge on any atom is 0.0705 e. The van der Waals surface area contributed by atoms with E-state index < -0.39 is 0 Å². The van der Waals surface area contributed by atoms with Crippen LogP contribution in [-0.2, 0) is 21.7 Å². The first-order chi connectivity index (χ1) is 46.7. The minimum Gasteiger partial charge on any atom is -0.256 e. The summed E-state index contributed by atoms with van der Waals surface area (Å²) in [6, 6.07) is 92.9. The topological polar surface area (TPSA) is 38.7 Å². The molecule has 0 fully saturated rings. The summed E-state index contributed by atoms with van der Waals surface area (Å²) in [6.07, 6.45) is 10.6. The lowest BCUT2D eigenvalue weighted by molar-refractivity contribution is 0.332. The molecular formula is C94H85N3. The van der Waals surface area contributed by atoms with Crippen LogP contribution in [-0.4, -0.2) is 15.0 Å². The van der Waals surface area contributed by atoms with Crippen LogP contribution >= 0.6 is 0 Å². The third kappa shape index (κ3) is 12.0. The smallest absolute Gasteiger partial charge is 0.0705 e. The first-order valence-corrected chi connectivity index (χ1v) is 34.8. The number of hydrogen-bond donors (Lipinski definition) is 0. The van der Waals surface area contributed by atoms with Crippen molar-refractivity contribution in [3.05, 3.63) is 306 Å². The zero-order chi connectivity index (χ0) is 67.0. The molecule has 0 atom stereocenters. The number of rotatable bonds is 12. The first kappa shape index (κ1) is 62.7. The van der Waals surface area contributed by atoms with Crippen molar-refractivity contribution in [2.75, 3.05) is 0 Å². The summed E-state index contributed by atoms with van der Waals surface area (Å²) in [6.45, 7) is 26.2. The van der Waals surface area contributed by atoms with Crippen LogP contribution in [0.2, 0.25) is 0 Å². The lowest BCUT2D eigenvalue weighted by Gasteiger charge is -2.43. The molecule has 2 aliphatic rings. The standard InChI is InChI=1S/C94H85N3/c1-60-47-88(95-57-81(60)63-23-15-12-16-24-63)69-37-31-66(32-38-69)75-29-21-22-30-76(75)72-50-73(79-55-86-84(91(4,5)43-45-93(86,8)9)53-77(79)67-33-39-70(40-34-67)89-48-61(2)82(58-96-89)64-25-17-13-18-26-64)52-74(51-72)80-56-87-85(92(6,7)44-46-94(87,10)11)54-78(80)68-35-41-71(42-36-68)90-49-62(3)83(59-97-90)65-27-19-14-20-28-65/h12-42,47-59H,43-46H2,1-11H3. The van der Waals surface area contributed by atoms with Gasteiger partial charge in [0, 0.05) is 52.0 Å². The fourth-order valence-electron chi connectivity index (χ4n) is 15.6. The van der Waals surface area contributed by atoms with Crippen LogP contribution in [0.25, 0.3) is 134 Å². The number of benzene rings is 10. The molecule has 0 spiro atoms. The molecule has 0 saturated carbocycles. The molecule has 0 unspecified atom stereocenters. The highest BCUT2D eigenvalue weighted by atomic mass is 14.7. The normalized spacial score (nSPS) is 14.9. The van der Waals surface area contributed by atoms with Crippen molar-refractivity contribution in [2.24, 2.45) is 0 Å². The molecule has 10 aromatic carbocycles. The van der Waals surface area contributed by atoms with Crippen molar-refractivity contribution in [3.63, 3.8) is 0 Å². The van der Waals surface area contributed by atoms with Crippen molar-refractivity contribution in [3.8, 4) is 134 Å². The number of fused-ring (bicyclic) bond motifs is 2. The molecule has 3 heterocycles. The Kier molecular flexibility index (Phi) is 16.0. The SMILES string of the molecule is Cc1cc(-c2ccc(-c3ccccc3-c3cc(-c4cc5c(cc4-c4ccc(-c6cc(C)c(-c7ccccc7)cn6)cc4)C(C)(C)CCC5(C)C)cc(-c4cc5c(cc4-c4ccc(-c6cc(C)c(-c7ccccc7)cn6)cc4)C(C)(C)CCC5(C)C)c3)cc2)ncc1-c1ccccc1. The summed E-state index contributed by atoms with van der Waals surface area (Å²) in [5, 5.41) is 0. The summed E-state index contributed by atoms with van der Waals surface area (Å²) in [5.41, 5.74) is 36.8. The quantitative estimate of drug-likeness (QED) is 0.122. The van der Waals surface area contributed by atoms with Gasteiger partial charge in [0.05, 0.1) is 17.1 Å². The highest BCUT2D eigenvalue weighted by molar-refractivity contribution is 5.96. The Morgan fingerprint density at radius 3 is 0.701 bits per heavy atom. The maximum absolute atomic E-state index is 5.09. The van der Waals surface area contributed by atoms with Gasteiger partial charge in [0.15, 0.2) is 0 Å². The molecule has 0 aliphatic heterocycles. The van der Waals surface area contributed by atoms with Crippen LogP contribution in [0.5, 0.6) is 0 Å². The third-order valence-corrected chi connectivity index (χ3v) is 21.8. The number of pyridine rings is 3. The van der Waals surface area contributed by atoms with Gasteiger partial charge in [0.1, 0.15) is 0 Å². The molecule has 2 aliphatic carbocycles. The molecule has 0 saturated heterocycles. The number of nitrogens with zero attached hydrogens (tertiary/aromatic N) is 3. The van der Waals surface area contributed by atoms with Crippen molar-refractivity contribution in [1.82, 2.24) is 15.0 Å². The Hall–Kier alpha value is -10.4. The molecule has 0 N–H and O–H groups in total. The Morgan fingerprint density at radius 2 is 0.423 bits per heavy atom. The summed E-state index contributed by atoms with van der Waals surface area (Å²) >= 11 is 0. The van der Waals surface area contributed by atoms with E-state index in [-0.39, 0.29) is 21.7 Å². The van der Waals surface area contributed by atoms with Gasteiger partial charge < -0.3 is 0 Å². The average molecular weight is 1260 g/mol. The monoisotopic (exact) mass is 1260 g/mol. The van der Waals surface area contributed by atoms with Crippen molar-refractivity contribution in [1.29, 1.82) is 0 Å². The van der Waals surface area contributed by atoms with E-state index in [1.165, 1.54) is 117 Å². The molecule has 97 heavy (non-hydrogen) atoms. The van der Waals surface area contributed by atoms with E-state index in [4.69, 9.17) is 15.0 Å². The van der Waals surface area contributed by atoms with Gasteiger partial charge in [0.25, 0.3) is 0 Å². The highest BCUT2D eigenvalue weighted by Gasteiger charge is 2.40. The van der Waals surface area contributed by atoms with Gasteiger partial charge in [-0.25, -0.2) is 0 Å². The van der Waals surface area contributed by atoms with E-state index in [1.54, 1.807) is 0 Å². The average Bonchev–Trinajstić information content (AvgIpc) is 0.735. The molecule has 15 rings (SSSR count). The number of aryl methyl sites for hydroxylation is 3. The van der Waals surface area contributed by atoms with Gasteiger partial charge in [0.2, 0.25) is 0 Å². The van der Waals surface area contributed by atoms with Crippen LogP contribution in [0, 0.1) is 20.8 Å². The molecule has 3 heteroatoms. The Bertz CT molecular complexity index is 4890. The van der Waals surface area contributed by atoms with Gasteiger partial charge in [-0.3, -0.25) is 15.0 Å². The second kappa shape index (κ2) is 24.7. The highest BCUT2D eigenvalue weighted by Crippen LogP contribution is 2.53. The van der Waals surface area contributed by atoms with E-state index in [0.29, 0.717) is 0 Å². The van der Waals surface area contributed by atoms with Crippen LogP contribution < -0.4 is 0 Å². The first-order valence-electron chi connectivity index (χ1n) is 34.8. The Morgan fingerprint density at radius 1 is 0.206 bits per heavy atom. The summed E-state index contributed by atoms with van der Waals surface area (Å²) in [4.78, 5) is 15.2. The minimum atomic E-state index is -0.0385. The minimum absolute atomic E-state index is 0.0172. The molecule has 0 radical (unpaired) electrons. The van der Waals surface area contributed by atoms with E-state index in [9.17, 15) is 0 Å². The molecule has 3 aromatic heterocycles. The number of aromatic nitrogens is 3. The summed E-state index contributed by atoms with van der Waals surface area (Å²) in [7, 11) is 0. The zero-order valence-electron chi connectivity index (χ0n) is 58.1. The van der Waals surface area contributed by atoms with Gasteiger partial charge in [-0.1, -0.05) is 243 Å². The van der Waals surface area contributed by atoms with Crippen molar-refractivity contribution < 1.29 is 0 Å². The largest absolute Gasteiger partial charge is 0.256 e. The second-order valence-electron chi connectivity index (χ2n) is 30.3. The lowest BCUT2D eigenvalue weighted by Crippen LogP contribution is -2.34. The third-order valence-electron chi connectivity index (χ3n) is 21.8. The fourth-order valence-corrected chi connectivity index (χ4v) is 15.6. The molecule has 476 valence electrons. The molecular weight excluding hydrogens is 1170 g/mol. The molecule has 0 amide bonds. The van der Waals surface area contributed by atoms with E-state index >= 15 is 0 Å². The fraction of sp³-hybridized carbons (Fsp3) is 0.202. The predicted octanol–water partition coefficient (Wildman–Crippen LogP) is 25.5. The van der Waals surface area contributed by atoms with E-state index in [2.05, 4.69) is 325 Å². The summed E-state index contributed by atoms with van der Waals surface area (Å²) < 4.78 is 0. The predicted molar refractivity (Wildman–Crippen MR) is 410 cm³/mol. The van der Waals surface area contributed by atoms with E-state index in [0.717, 1.165) is 81.7 Å². The van der Waals surface area contributed by atoms with Crippen LogP contribution in [0.1, 0.15) is 120 Å². The maximum atomic E-state index is 5.09. The van der Waals surface area contributed by atoms with Crippen LogP contribution in [0.4, 0.5) is 0 Å².